The first-order valence-corrected chi connectivity index (χ1v) is 11.3. The highest BCUT2D eigenvalue weighted by Gasteiger charge is 2.17. The molecule has 0 unspecified atom stereocenters. The molecular weight excluding hydrogens is 431 g/mol. The lowest BCUT2D eigenvalue weighted by atomic mass is 10.1. The molecule has 1 aromatic heterocycles. The van der Waals surface area contributed by atoms with E-state index in [-0.39, 0.29) is 11.3 Å². The number of nitrogens with one attached hydrogen (secondary N) is 1. The second-order valence-electron chi connectivity index (χ2n) is 6.18. The van der Waals surface area contributed by atoms with Gasteiger partial charge in [-0.25, -0.2) is 17.8 Å². The van der Waals surface area contributed by atoms with Crippen molar-refractivity contribution in [2.75, 3.05) is 25.3 Å². The second-order valence-corrected chi connectivity index (χ2v) is 9.15. The summed E-state index contributed by atoms with van der Waals surface area (Å²) in [7, 11) is -0.605. The van der Waals surface area contributed by atoms with Crippen LogP contribution >= 0.6 is 11.3 Å². The Balaban J connectivity index is 1.63. The van der Waals surface area contributed by atoms with Crippen LogP contribution in [0.3, 0.4) is 0 Å². The molecule has 158 valence electrons. The molecule has 0 atom stereocenters. The van der Waals surface area contributed by atoms with E-state index >= 15 is 0 Å². The maximum atomic E-state index is 13.0. The lowest BCUT2D eigenvalue weighted by Gasteiger charge is -2.08. The summed E-state index contributed by atoms with van der Waals surface area (Å²) in [6.45, 7) is 0. The minimum Gasteiger partial charge on any atom is -0.493 e. The Morgan fingerprint density at radius 3 is 2.47 bits per heavy atom. The highest BCUT2D eigenvalue weighted by molar-refractivity contribution is 7.91. The van der Waals surface area contributed by atoms with Crippen molar-refractivity contribution in [1.82, 2.24) is 4.98 Å². The Bertz CT molecular complexity index is 1140. The summed E-state index contributed by atoms with van der Waals surface area (Å²) in [6.07, 6.45) is -0.245. The van der Waals surface area contributed by atoms with Crippen molar-refractivity contribution in [3.05, 3.63) is 53.7 Å². The van der Waals surface area contributed by atoms with Crippen molar-refractivity contribution in [2.24, 2.45) is 0 Å². The standard InChI is InChI=1S/C20H19FN2O5S2/c1-27-17-8-3-13(11-18(17)28-2)16-12-29-20(22-16)23-19(24)9-10-30(25,26)15-6-4-14(21)5-7-15/h3-8,11-12H,9-10H2,1-2H3,(H,22,23,24). The van der Waals surface area contributed by atoms with Crippen LogP contribution in [0.2, 0.25) is 0 Å². The zero-order chi connectivity index (χ0) is 21.7. The van der Waals surface area contributed by atoms with Gasteiger partial charge in [0.15, 0.2) is 26.5 Å². The zero-order valence-corrected chi connectivity index (χ0v) is 17.8. The largest absolute Gasteiger partial charge is 0.493 e. The molecule has 1 amide bonds. The number of anilines is 1. The minimum absolute atomic E-state index is 0.0262. The number of halogens is 1. The molecule has 3 aromatic rings. The molecular formula is C20H19FN2O5S2. The molecule has 0 bridgehead atoms. The van der Waals surface area contributed by atoms with Crippen LogP contribution in [0.5, 0.6) is 11.5 Å². The van der Waals surface area contributed by atoms with E-state index in [0.717, 1.165) is 17.7 Å². The molecule has 0 aliphatic carbocycles. The predicted octanol–water partition coefficient (Wildman–Crippen LogP) is 3.77. The first-order chi connectivity index (χ1) is 14.3. The molecule has 30 heavy (non-hydrogen) atoms. The first-order valence-electron chi connectivity index (χ1n) is 8.78. The molecule has 10 heteroatoms. The molecule has 2 aromatic carbocycles. The molecule has 0 saturated heterocycles. The van der Waals surface area contributed by atoms with E-state index in [9.17, 15) is 17.6 Å². The second kappa shape index (κ2) is 9.23. The molecule has 0 radical (unpaired) electrons. The quantitative estimate of drug-likeness (QED) is 0.525. The number of hydrogen-bond acceptors (Lipinski definition) is 7. The van der Waals surface area contributed by atoms with Crippen LogP contribution in [0.4, 0.5) is 9.52 Å². The monoisotopic (exact) mass is 450 g/mol. The van der Waals surface area contributed by atoms with E-state index in [1.165, 1.54) is 30.6 Å². The van der Waals surface area contributed by atoms with Crippen LogP contribution in [0.25, 0.3) is 11.3 Å². The van der Waals surface area contributed by atoms with Crippen LogP contribution in [-0.4, -0.2) is 39.3 Å². The Morgan fingerprint density at radius 2 is 1.80 bits per heavy atom. The summed E-state index contributed by atoms with van der Waals surface area (Å²) < 4.78 is 48.0. The third kappa shape index (κ3) is 5.14. The van der Waals surface area contributed by atoms with E-state index in [0.29, 0.717) is 22.3 Å². The number of carbonyl (C=O) groups excluding carboxylic acids is 1. The van der Waals surface area contributed by atoms with Crippen molar-refractivity contribution in [1.29, 1.82) is 0 Å². The average Bonchev–Trinajstić information content (AvgIpc) is 3.20. The highest BCUT2D eigenvalue weighted by atomic mass is 32.2. The number of rotatable bonds is 8. The van der Waals surface area contributed by atoms with Gasteiger partial charge in [0.25, 0.3) is 0 Å². The molecule has 1 heterocycles. The average molecular weight is 451 g/mol. The number of aromatic nitrogens is 1. The van der Waals surface area contributed by atoms with Gasteiger partial charge in [0.05, 0.1) is 30.6 Å². The Hall–Kier alpha value is -2.98. The van der Waals surface area contributed by atoms with Gasteiger partial charge in [0, 0.05) is 17.4 Å². The predicted molar refractivity (Wildman–Crippen MR) is 112 cm³/mol. The van der Waals surface area contributed by atoms with Gasteiger partial charge in [-0.2, -0.15) is 0 Å². The highest BCUT2D eigenvalue weighted by Crippen LogP contribution is 2.33. The van der Waals surface area contributed by atoms with Gasteiger partial charge < -0.3 is 14.8 Å². The van der Waals surface area contributed by atoms with Crippen molar-refractivity contribution < 1.29 is 27.1 Å². The van der Waals surface area contributed by atoms with E-state index in [1.54, 1.807) is 24.6 Å². The smallest absolute Gasteiger partial charge is 0.227 e. The number of hydrogen-bond donors (Lipinski definition) is 1. The van der Waals surface area contributed by atoms with Gasteiger partial charge in [0.2, 0.25) is 5.91 Å². The summed E-state index contributed by atoms with van der Waals surface area (Å²) in [5.41, 5.74) is 1.42. The van der Waals surface area contributed by atoms with Gasteiger partial charge in [0.1, 0.15) is 5.82 Å². The minimum atomic E-state index is -3.69. The molecule has 3 rings (SSSR count). The molecule has 0 aliphatic heterocycles. The fraction of sp³-hybridized carbons (Fsp3) is 0.200. The summed E-state index contributed by atoms with van der Waals surface area (Å²) in [5.74, 6) is -0.250. The maximum Gasteiger partial charge on any atom is 0.227 e. The molecule has 7 nitrogen and oxygen atoms in total. The Morgan fingerprint density at radius 1 is 1.10 bits per heavy atom. The van der Waals surface area contributed by atoms with Gasteiger partial charge >= 0.3 is 0 Å². The van der Waals surface area contributed by atoms with Crippen molar-refractivity contribution in [2.45, 2.75) is 11.3 Å². The summed E-state index contributed by atoms with van der Waals surface area (Å²) in [4.78, 5) is 16.5. The number of nitrogens with zero attached hydrogens (tertiary/aromatic N) is 1. The van der Waals surface area contributed by atoms with Crippen LogP contribution in [0.1, 0.15) is 6.42 Å². The van der Waals surface area contributed by atoms with Gasteiger partial charge in [-0.3, -0.25) is 4.79 Å². The number of amides is 1. The van der Waals surface area contributed by atoms with Crippen LogP contribution in [0.15, 0.2) is 52.7 Å². The molecule has 1 N–H and O–H groups in total. The number of benzene rings is 2. The SMILES string of the molecule is COc1ccc(-c2csc(NC(=O)CCS(=O)(=O)c3ccc(F)cc3)n2)cc1OC. The number of methoxy groups -OCH3 is 2. The lowest BCUT2D eigenvalue weighted by Crippen LogP contribution is -2.17. The number of sulfone groups is 1. The third-order valence-electron chi connectivity index (χ3n) is 4.20. The van der Waals surface area contributed by atoms with Crippen LogP contribution < -0.4 is 14.8 Å². The van der Waals surface area contributed by atoms with Gasteiger partial charge in [-0.05, 0) is 42.5 Å². The van der Waals surface area contributed by atoms with Gasteiger partial charge in [-0.15, -0.1) is 11.3 Å². The fourth-order valence-electron chi connectivity index (χ4n) is 2.63. The molecule has 0 saturated carbocycles. The summed E-state index contributed by atoms with van der Waals surface area (Å²) in [5, 5.41) is 4.73. The van der Waals surface area contributed by atoms with E-state index in [4.69, 9.17) is 9.47 Å². The normalized spacial score (nSPS) is 11.2. The third-order valence-corrected chi connectivity index (χ3v) is 6.69. The summed E-state index contributed by atoms with van der Waals surface area (Å²) in [6, 6.07) is 9.84. The van der Waals surface area contributed by atoms with Crippen molar-refractivity contribution >= 4 is 32.2 Å². The molecule has 0 aliphatic rings. The maximum absolute atomic E-state index is 13.0. The number of ether oxygens (including phenoxy) is 2. The fourth-order valence-corrected chi connectivity index (χ4v) is 4.60. The van der Waals surface area contributed by atoms with Crippen LogP contribution in [-0.2, 0) is 14.6 Å². The Labute approximate surface area is 177 Å². The summed E-state index contributed by atoms with van der Waals surface area (Å²) >= 11 is 1.22. The molecule has 0 fully saturated rings. The van der Waals surface area contributed by atoms with Crippen LogP contribution in [0, 0.1) is 5.82 Å². The zero-order valence-electron chi connectivity index (χ0n) is 16.2. The van der Waals surface area contributed by atoms with E-state index in [2.05, 4.69) is 10.3 Å². The van der Waals surface area contributed by atoms with E-state index < -0.39 is 27.3 Å². The van der Waals surface area contributed by atoms with Crippen molar-refractivity contribution in [3.63, 3.8) is 0 Å². The van der Waals surface area contributed by atoms with E-state index in [1.807, 2.05) is 6.07 Å². The first kappa shape index (κ1) is 21.7. The lowest BCUT2D eigenvalue weighted by molar-refractivity contribution is -0.115. The van der Waals surface area contributed by atoms with Gasteiger partial charge in [-0.1, -0.05) is 0 Å². The van der Waals surface area contributed by atoms with Crippen molar-refractivity contribution in [3.8, 4) is 22.8 Å². The number of carbonyl (C=O) groups is 1. The number of thiazole rings is 1. The molecule has 0 spiro atoms. The Kier molecular flexibility index (Phi) is 6.68. The topological polar surface area (TPSA) is 94.6 Å².